The van der Waals surface area contributed by atoms with Gasteiger partial charge < -0.3 is 15.4 Å². The zero-order valence-electron chi connectivity index (χ0n) is 12.8. The Balaban J connectivity index is 1.44. The molecular weight excluding hydrogens is 276 g/mol. The maximum atomic E-state index is 12.0. The summed E-state index contributed by atoms with van der Waals surface area (Å²) in [5.41, 5.74) is 0. The van der Waals surface area contributed by atoms with Crippen LogP contribution in [0.2, 0.25) is 0 Å². The van der Waals surface area contributed by atoms with Crippen molar-refractivity contribution in [2.75, 3.05) is 26.2 Å². The quantitative estimate of drug-likeness (QED) is 0.804. The first-order chi connectivity index (χ1) is 10.7. The van der Waals surface area contributed by atoms with Crippen LogP contribution in [0.5, 0.6) is 5.75 Å². The molecule has 1 aliphatic heterocycles. The molecule has 0 spiro atoms. The van der Waals surface area contributed by atoms with E-state index in [2.05, 4.69) is 28.8 Å². The first-order valence-electron chi connectivity index (χ1n) is 7.84. The molecule has 0 bridgehead atoms. The van der Waals surface area contributed by atoms with Crippen LogP contribution in [0, 0.1) is 11.8 Å². The SMILES string of the molecule is CC(C(=O)NCCOc1ccc2ccccc2c1)C1CNC1. The summed E-state index contributed by atoms with van der Waals surface area (Å²) in [5.74, 6) is 1.50. The second-order valence-corrected chi connectivity index (χ2v) is 5.86. The number of nitrogens with one attached hydrogen (secondary N) is 2. The van der Waals surface area contributed by atoms with Crippen LogP contribution >= 0.6 is 0 Å². The van der Waals surface area contributed by atoms with Crippen LogP contribution in [-0.2, 0) is 4.79 Å². The number of rotatable bonds is 6. The van der Waals surface area contributed by atoms with E-state index < -0.39 is 0 Å². The minimum absolute atomic E-state index is 0.0712. The van der Waals surface area contributed by atoms with Crippen LogP contribution in [0.25, 0.3) is 10.8 Å². The zero-order valence-corrected chi connectivity index (χ0v) is 12.8. The first-order valence-corrected chi connectivity index (χ1v) is 7.84. The fourth-order valence-electron chi connectivity index (χ4n) is 2.64. The minimum Gasteiger partial charge on any atom is -0.492 e. The second-order valence-electron chi connectivity index (χ2n) is 5.86. The molecule has 2 aromatic rings. The fraction of sp³-hybridized carbons (Fsp3) is 0.389. The Morgan fingerprint density at radius 2 is 2.05 bits per heavy atom. The largest absolute Gasteiger partial charge is 0.492 e. The molecule has 1 aliphatic rings. The van der Waals surface area contributed by atoms with Crippen molar-refractivity contribution < 1.29 is 9.53 Å². The van der Waals surface area contributed by atoms with E-state index in [4.69, 9.17) is 4.74 Å². The highest BCUT2D eigenvalue weighted by Crippen LogP contribution is 2.20. The zero-order chi connectivity index (χ0) is 15.4. The molecule has 4 nitrogen and oxygen atoms in total. The number of ether oxygens (including phenoxy) is 1. The predicted molar refractivity (Wildman–Crippen MR) is 88.0 cm³/mol. The molecule has 22 heavy (non-hydrogen) atoms. The molecule has 0 aromatic heterocycles. The van der Waals surface area contributed by atoms with Gasteiger partial charge in [-0.15, -0.1) is 0 Å². The normalized spacial score (nSPS) is 16.0. The van der Waals surface area contributed by atoms with Crippen molar-refractivity contribution >= 4 is 16.7 Å². The summed E-state index contributed by atoms with van der Waals surface area (Å²) in [6.07, 6.45) is 0. The van der Waals surface area contributed by atoms with Crippen molar-refractivity contribution in [3.63, 3.8) is 0 Å². The number of carbonyl (C=O) groups is 1. The molecule has 2 aromatic carbocycles. The van der Waals surface area contributed by atoms with Crippen LogP contribution in [0.15, 0.2) is 42.5 Å². The molecule has 1 atom stereocenters. The van der Waals surface area contributed by atoms with Crippen LogP contribution in [0.4, 0.5) is 0 Å². The summed E-state index contributed by atoms with van der Waals surface area (Å²) >= 11 is 0. The van der Waals surface area contributed by atoms with Gasteiger partial charge in [-0.3, -0.25) is 4.79 Å². The third-order valence-electron chi connectivity index (χ3n) is 4.32. The molecule has 2 N–H and O–H groups in total. The van der Waals surface area contributed by atoms with Crippen molar-refractivity contribution in [3.8, 4) is 5.75 Å². The fourth-order valence-corrected chi connectivity index (χ4v) is 2.64. The van der Waals surface area contributed by atoms with Crippen LogP contribution in [-0.4, -0.2) is 32.1 Å². The maximum absolute atomic E-state index is 12.0. The smallest absolute Gasteiger partial charge is 0.223 e. The van der Waals surface area contributed by atoms with Crippen molar-refractivity contribution in [2.45, 2.75) is 6.92 Å². The molecule has 1 saturated heterocycles. The number of hydrogen-bond donors (Lipinski definition) is 2. The first kappa shape index (κ1) is 14.9. The van der Waals surface area contributed by atoms with E-state index in [9.17, 15) is 4.79 Å². The lowest BCUT2D eigenvalue weighted by molar-refractivity contribution is -0.126. The third kappa shape index (κ3) is 3.39. The minimum atomic E-state index is 0.0712. The average molecular weight is 298 g/mol. The Hall–Kier alpha value is -2.07. The second kappa shape index (κ2) is 6.79. The number of fused-ring (bicyclic) bond motifs is 1. The summed E-state index contributed by atoms with van der Waals surface area (Å²) in [6.45, 7) is 4.91. The van der Waals surface area contributed by atoms with Crippen molar-refractivity contribution in [3.05, 3.63) is 42.5 Å². The maximum Gasteiger partial charge on any atom is 0.223 e. The Morgan fingerprint density at radius 3 is 2.77 bits per heavy atom. The lowest BCUT2D eigenvalue weighted by Crippen LogP contribution is -2.49. The van der Waals surface area contributed by atoms with Gasteiger partial charge in [-0.1, -0.05) is 37.3 Å². The molecule has 0 radical (unpaired) electrons. The van der Waals surface area contributed by atoms with Gasteiger partial charge in [0.1, 0.15) is 12.4 Å². The highest BCUT2D eigenvalue weighted by molar-refractivity contribution is 5.83. The molecule has 0 aliphatic carbocycles. The van der Waals surface area contributed by atoms with Crippen LogP contribution in [0.3, 0.4) is 0 Å². The third-order valence-corrected chi connectivity index (χ3v) is 4.32. The molecule has 1 unspecified atom stereocenters. The van der Waals surface area contributed by atoms with E-state index in [1.54, 1.807) is 0 Å². The van der Waals surface area contributed by atoms with Crippen molar-refractivity contribution in [1.82, 2.24) is 10.6 Å². The van der Waals surface area contributed by atoms with Crippen LogP contribution in [0.1, 0.15) is 6.92 Å². The lowest BCUT2D eigenvalue weighted by atomic mass is 9.88. The monoisotopic (exact) mass is 298 g/mol. The van der Waals surface area contributed by atoms with E-state index >= 15 is 0 Å². The highest BCUT2D eigenvalue weighted by atomic mass is 16.5. The Labute approximate surface area is 130 Å². The van der Waals surface area contributed by atoms with Gasteiger partial charge in [0.05, 0.1) is 6.54 Å². The van der Waals surface area contributed by atoms with E-state index in [0.717, 1.165) is 24.2 Å². The van der Waals surface area contributed by atoms with Gasteiger partial charge in [0.2, 0.25) is 5.91 Å². The summed E-state index contributed by atoms with van der Waals surface area (Å²) in [4.78, 5) is 12.0. The molecule has 1 heterocycles. The topological polar surface area (TPSA) is 50.4 Å². The molecule has 4 heteroatoms. The summed E-state index contributed by atoms with van der Waals surface area (Å²) in [6, 6.07) is 14.2. The number of carbonyl (C=O) groups excluding carboxylic acids is 1. The van der Waals surface area contributed by atoms with E-state index in [0.29, 0.717) is 19.1 Å². The summed E-state index contributed by atoms with van der Waals surface area (Å²) in [5, 5.41) is 8.51. The van der Waals surface area contributed by atoms with Gasteiger partial charge in [0, 0.05) is 5.92 Å². The summed E-state index contributed by atoms with van der Waals surface area (Å²) in [7, 11) is 0. The van der Waals surface area contributed by atoms with Gasteiger partial charge in [-0.2, -0.15) is 0 Å². The molecule has 3 rings (SSSR count). The van der Waals surface area contributed by atoms with Crippen LogP contribution < -0.4 is 15.4 Å². The summed E-state index contributed by atoms with van der Waals surface area (Å²) < 4.78 is 5.72. The number of hydrogen-bond acceptors (Lipinski definition) is 3. The molecular formula is C18H22N2O2. The van der Waals surface area contributed by atoms with Crippen molar-refractivity contribution in [2.24, 2.45) is 11.8 Å². The Morgan fingerprint density at radius 1 is 1.27 bits per heavy atom. The van der Waals surface area contributed by atoms with Gasteiger partial charge in [-0.05, 0) is 41.9 Å². The van der Waals surface area contributed by atoms with E-state index in [1.165, 1.54) is 5.39 Å². The predicted octanol–water partition coefficient (Wildman–Crippen LogP) is 2.19. The van der Waals surface area contributed by atoms with Gasteiger partial charge in [-0.25, -0.2) is 0 Å². The average Bonchev–Trinajstić information content (AvgIpc) is 2.49. The van der Waals surface area contributed by atoms with Gasteiger partial charge >= 0.3 is 0 Å². The van der Waals surface area contributed by atoms with E-state index in [1.807, 2.05) is 31.2 Å². The van der Waals surface area contributed by atoms with E-state index in [-0.39, 0.29) is 11.8 Å². The van der Waals surface area contributed by atoms with Crippen molar-refractivity contribution in [1.29, 1.82) is 0 Å². The Bertz CT molecular complexity index is 652. The van der Waals surface area contributed by atoms with Gasteiger partial charge in [0.25, 0.3) is 0 Å². The molecule has 1 fully saturated rings. The molecule has 116 valence electrons. The number of benzene rings is 2. The number of amides is 1. The standard InChI is InChI=1S/C18H22N2O2/c1-13(16-11-19-12-16)18(21)20-8-9-22-17-7-6-14-4-2-3-5-15(14)10-17/h2-7,10,13,16,19H,8-9,11-12H2,1H3,(H,20,21). The molecule has 0 saturated carbocycles. The lowest BCUT2D eigenvalue weighted by Gasteiger charge is -2.31. The highest BCUT2D eigenvalue weighted by Gasteiger charge is 2.28. The molecule has 1 amide bonds. The van der Waals surface area contributed by atoms with Gasteiger partial charge in [0.15, 0.2) is 0 Å². The Kier molecular flexibility index (Phi) is 4.59.